The summed E-state index contributed by atoms with van der Waals surface area (Å²) in [6.07, 6.45) is -2.87. The molecule has 0 aromatic heterocycles. The fourth-order valence-corrected chi connectivity index (χ4v) is 3.66. The minimum atomic E-state index is -4.70. The molecule has 0 radical (unpaired) electrons. The Morgan fingerprint density at radius 2 is 2.04 bits per heavy atom. The first-order chi connectivity index (χ1) is 10.2. The molecule has 1 unspecified atom stereocenters. The van der Waals surface area contributed by atoms with Gasteiger partial charge < -0.3 is 5.32 Å². The number of benzene rings is 1. The number of nitrogens with one attached hydrogen (secondary N) is 2. The van der Waals surface area contributed by atoms with Gasteiger partial charge in [-0.15, -0.1) is 12.4 Å². The van der Waals surface area contributed by atoms with E-state index >= 15 is 0 Å². The lowest BCUT2D eigenvalue weighted by Crippen LogP contribution is -2.38. The van der Waals surface area contributed by atoms with Gasteiger partial charge in [-0.3, -0.25) is 0 Å². The van der Waals surface area contributed by atoms with Gasteiger partial charge in [0, 0.05) is 6.54 Å². The summed E-state index contributed by atoms with van der Waals surface area (Å²) in [5, 5.41) is 2.62. The van der Waals surface area contributed by atoms with E-state index in [-0.39, 0.29) is 24.9 Å². The van der Waals surface area contributed by atoms with Crippen molar-refractivity contribution in [3.8, 4) is 0 Å². The third kappa shape index (κ3) is 5.49. The standard InChI is InChI=1S/C13H16ClF3N2O2S.ClH/c14-12-4-3-10(6-11(12)13(15,16)17)22(20,21)19-8-9-2-1-5-18-7-9;/h3-4,6,9,18-19H,1-2,5,7-8H2;1H. The number of halogens is 5. The maximum Gasteiger partial charge on any atom is 0.417 e. The number of rotatable bonds is 4. The van der Waals surface area contributed by atoms with Gasteiger partial charge in [-0.1, -0.05) is 11.6 Å². The molecule has 2 rings (SSSR count). The molecule has 1 aromatic carbocycles. The molecule has 1 fully saturated rings. The van der Waals surface area contributed by atoms with Gasteiger partial charge in [0.1, 0.15) is 0 Å². The number of hydrogen-bond acceptors (Lipinski definition) is 3. The van der Waals surface area contributed by atoms with E-state index in [2.05, 4.69) is 10.0 Å². The largest absolute Gasteiger partial charge is 0.417 e. The maximum atomic E-state index is 12.8. The van der Waals surface area contributed by atoms with Crippen molar-refractivity contribution in [3.63, 3.8) is 0 Å². The predicted molar refractivity (Wildman–Crippen MR) is 84.5 cm³/mol. The van der Waals surface area contributed by atoms with Crippen molar-refractivity contribution in [1.82, 2.24) is 10.0 Å². The SMILES string of the molecule is Cl.O=S(=O)(NCC1CCCNC1)c1ccc(Cl)c(C(F)(F)F)c1. The van der Waals surface area contributed by atoms with E-state index in [0.717, 1.165) is 31.5 Å². The average Bonchev–Trinajstić information content (AvgIpc) is 2.45. The van der Waals surface area contributed by atoms with Crippen LogP contribution in [0.5, 0.6) is 0 Å². The van der Waals surface area contributed by atoms with E-state index in [1.165, 1.54) is 0 Å². The Labute approximate surface area is 144 Å². The van der Waals surface area contributed by atoms with Gasteiger partial charge in [-0.2, -0.15) is 13.2 Å². The number of piperidine rings is 1. The van der Waals surface area contributed by atoms with Crippen LogP contribution in [0.15, 0.2) is 23.1 Å². The van der Waals surface area contributed by atoms with E-state index < -0.39 is 31.7 Å². The zero-order valence-corrected chi connectivity index (χ0v) is 14.4. The summed E-state index contributed by atoms with van der Waals surface area (Å²) in [5.41, 5.74) is -1.16. The topological polar surface area (TPSA) is 58.2 Å². The Morgan fingerprint density at radius 3 is 2.61 bits per heavy atom. The second-order valence-electron chi connectivity index (χ2n) is 5.20. The molecule has 1 atom stereocenters. The average molecular weight is 393 g/mol. The predicted octanol–water partition coefficient (Wildman–Crippen LogP) is 3.06. The van der Waals surface area contributed by atoms with Crippen LogP contribution in [0.1, 0.15) is 18.4 Å². The Balaban J connectivity index is 0.00000264. The molecule has 0 saturated carbocycles. The molecule has 4 nitrogen and oxygen atoms in total. The number of alkyl halides is 3. The lowest BCUT2D eigenvalue weighted by molar-refractivity contribution is -0.137. The van der Waals surface area contributed by atoms with E-state index in [9.17, 15) is 21.6 Å². The summed E-state index contributed by atoms with van der Waals surface area (Å²) < 4.78 is 65.0. The molecule has 1 saturated heterocycles. The first-order valence-corrected chi connectivity index (χ1v) is 8.63. The van der Waals surface area contributed by atoms with Crippen molar-refractivity contribution in [2.45, 2.75) is 23.9 Å². The first kappa shape index (κ1) is 20.5. The van der Waals surface area contributed by atoms with Crippen molar-refractivity contribution < 1.29 is 21.6 Å². The molecule has 23 heavy (non-hydrogen) atoms. The monoisotopic (exact) mass is 392 g/mol. The van der Waals surface area contributed by atoms with Crippen LogP contribution < -0.4 is 10.0 Å². The molecule has 0 spiro atoms. The second-order valence-corrected chi connectivity index (χ2v) is 7.38. The van der Waals surface area contributed by atoms with E-state index in [1.54, 1.807) is 0 Å². The fourth-order valence-electron chi connectivity index (χ4n) is 2.30. The van der Waals surface area contributed by atoms with Gasteiger partial charge in [-0.25, -0.2) is 13.1 Å². The highest BCUT2D eigenvalue weighted by Gasteiger charge is 2.34. The summed E-state index contributed by atoms with van der Waals surface area (Å²) >= 11 is 5.49. The molecule has 0 aliphatic carbocycles. The summed E-state index contributed by atoms with van der Waals surface area (Å²) in [5.74, 6) is 0.137. The van der Waals surface area contributed by atoms with E-state index in [0.29, 0.717) is 12.6 Å². The molecule has 132 valence electrons. The Bertz CT molecular complexity index is 633. The quantitative estimate of drug-likeness (QED) is 0.827. The van der Waals surface area contributed by atoms with Crippen molar-refractivity contribution in [2.24, 2.45) is 5.92 Å². The Morgan fingerprint density at radius 1 is 1.35 bits per heavy atom. The van der Waals surface area contributed by atoms with Crippen LogP contribution in [0, 0.1) is 5.92 Å². The molecule has 0 amide bonds. The number of hydrogen-bond donors (Lipinski definition) is 2. The molecule has 0 bridgehead atoms. The zero-order chi connectivity index (χ0) is 16.4. The molecule has 1 aliphatic heterocycles. The van der Waals surface area contributed by atoms with Gasteiger partial charge in [0.05, 0.1) is 15.5 Å². The molecular weight excluding hydrogens is 376 g/mol. The Hall–Kier alpha value is -0.540. The summed E-state index contributed by atoms with van der Waals surface area (Å²) in [6, 6.07) is 2.57. The lowest BCUT2D eigenvalue weighted by atomic mass is 10.0. The third-order valence-corrected chi connectivity index (χ3v) is 5.27. The normalized spacial score (nSPS) is 19.2. The molecule has 1 aliphatic rings. The van der Waals surface area contributed by atoms with E-state index in [4.69, 9.17) is 11.6 Å². The minimum absolute atomic E-state index is 0. The molecule has 10 heteroatoms. The Kier molecular flexibility index (Phi) is 7.15. The van der Waals surface area contributed by atoms with Crippen LogP contribution in [-0.4, -0.2) is 28.1 Å². The van der Waals surface area contributed by atoms with Crippen LogP contribution in [-0.2, 0) is 16.2 Å². The van der Waals surface area contributed by atoms with Crippen LogP contribution >= 0.6 is 24.0 Å². The zero-order valence-electron chi connectivity index (χ0n) is 12.0. The summed E-state index contributed by atoms with van der Waals surface area (Å²) in [7, 11) is -4.00. The highest BCUT2D eigenvalue weighted by Crippen LogP contribution is 2.35. The number of sulfonamides is 1. The lowest BCUT2D eigenvalue weighted by Gasteiger charge is -2.23. The van der Waals surface area contributed by atoms with Gasteiger partial charge in [0.15, 0.2) is 0 Å². The minimum Gasteiger partial charge on any atom is -0.316 e. The van der Waals surface area contributed by atoms with Crippen LogP contribution in [0.4, 0.5) is 13.2 Å². The molecule has 2 N–H and O–H groups in total. The van der Waals surface area contributed by atoms with Crippen molar-refractivity contribution in [2.75, 3.05) is 19.6 Å². The summed E-state index contributed by atoms with van der Waals surface area (Å²) in [4.78, 5) is -0.437. The van der Waals surface area contributed by atoms with Gasteiger partial charge in [0.2, 0.25) is 10.0 Å². The molecule has 1 heterocycles. The molecule has 1 aromatic rings. The van der Waals surface area contributed by atoms with Crippen LogP contribution in [0.3, 0.4) is 0 Å². The van der Waals surface area contributed by atoms with E-state index in [1.807, 2.05) is 0 Å². The van der Waals surface area contributed by atoms with Crippen molar-refractivity contribution >= 4 is 34.0 Å². The molecular formula is C13H17Cl2F3N2O2S. The maximum absolute atomic E-state index is 12.8. The fraction of sp³-hybridized carbons (Fsp3) is 0.538. The highest BCUT2D eigenvalue weighted by molar-refractivity contribution is 7.89. The van der Waals surface area contributed by atoms with Crippen LogP contribution in [0.25, 0.3) is 0 Å². The third-order valence-electron chi connectivity index (χ3n) is 3.51. The van der Waals surface area contributed by atoms with Gasteiger partial charge in [0.25, 0.3) is 0 Å². The van der Waals surface area contributed by atoms with Crippen molar-refractivity contribution in [3.05, 3.63) is 28.8 Å². The van der Waals surface area contributed by atoms with Gasteiger partial charge in [-0.05, 0) is 50.0 Å². The second kappa shape index (κ2) is 8.02. The van der Waals surface area contributed by atoms with Crippen LogP contribution in [0.2, 0.25) is 5.02 Å². The summed E-state index contributed by atoms with van der Waals surface area (Å²) in [6.45, 7) is 1.78. The van der Waals surface area contributed by atoms with Crippen molar-refractivity contribution in [1.29, 1.82) is 0 Å². The first-order valence-electron chi connectivity index (χ1n) is 6.77. The highest BCUT2D eigenvalue weighted by atomic mass is 35.5. The van der Waals surface area contributed by atoms with Gasteiger partial charge >= 0.3 is 6.18 Å². The smallest absolute Gasteiger partial charge is 0.316 e.